The Morgan fingerprint density at radius 1 is 0.955 bits per heavy atom. The molecule has 4 bridgehead atoms. The standard InChI is InChI=1S/C20H31NO/c1-10-13-7-12(19(10,3)4)8-15(13)17-16-9-14(18(17)21-22)11(2)20(16,5)6/h10-14,16,22H,7-9H2,1-6H3/b17-15-,21-18-/t10-,11+,12+,13+,14+,16+/m1/s1. The van der Waals surface area contributed by atoms with Gasteiger partial charge in [-0.05, 0) is 65.3 Å². The van der Waals surface area contributed by atoms with Crippen molar-refractivity contribution in [2.45, 2.75) is 60.8 Å². The Labute approximate surface area is 135 Å². The van der Waals surface area contributed by atoms with Gasteiger partial charge in [0, 0.05) is 5.92 Å². The monoisotopic (exact) mass is 301 g/mol. The van der Waals surface area contributed by atoms with Crippen LogP contribution >= 0.6 is 0 Å². The first-order chi connectivity index (χ1) is 10.2. The number of nitrogens with zero attached hydrogens (tertiary/aromatic N) is 1. The maximum Gasteiger partial charge on any atom is 0.0864 e. The van der Waals surface area contributed by atoms with Crippen molar-refractivity contribution in [1.82, 2.24) is 0 Å². The van der Waals surface area contributed by atoms with Crippen molar-refractivity contribution in [3.8, 4) is 0 Å². The third-order valence-electron chi connectivity index (χ3n) is 8.88. The fourth-order valence-electron chi connectivity index (χ4n) is 6.55. The van der Waals surface area contributed by atoms with Crippen molar-refractivity contribution >= 4 is 5.71 Å². The minimum Gasteiger partial charge on any atom is -0.411 e. The van der Waals surface area contributed by atoms with Crippen molar-refractivity contribution in [2.24, 2.45) is 51.5 Å². The topological polar surface area (TPSA) is 32.6 Å². The molecule has 0 aliphatic heterocycles. The molecule has 2 heteroatoms. The average Bonchev–Trinajstić information content (AvgIpc) is 3.14. The molecule has 4 rings (SSSR count). The molecule has 22 heavy (non-hydrogen) atoms. The highest BCUT2D eigenvalue weighted by Crippen LogP contribution is 2.66. The molecule has 4 aliphatic carbocycles. The van der Waals surface area contributed by atoms with Crippen LogP contribution in [0.3, 0.4) is 0 Å². The molecule has 0 heterocycles. The number of hydrogen-bond donors (Lipinski definition) is 1. The number of rotatable bonds is 0. The SMILES string of the molecule is C[C@@H]1[C@@H]2C[C@@H](C/C2=C2/C(=N\O)[C@H]3C[C@@H]2C(C)(C)[C@H]3C)C1(C)C. The van der Waals surface area contributed by atoms with Crippen LogP contribution in [0, 0.1) is 46.3 Å². The van der Waals surface area contributed by atoms with Crippen molar-refractivity contribution in [3.63, 3.8) is 0 Å². The van der Waals surface area contributed by atoms with Gasteiger partial charge in [0.1, 0.15) is 0 Å². The summed E-state index contributed by atoms with van der Waals surface area (Å²) in [7, 11) is 0. The lowest BCUT2D eigenvalue weighted by molar-refractivity contribution is 0.160. The normalized spacial score (nSPS) is 52.9. The zero-order chi connectivity index (χ0) is 16.0. The summed E-state index contributed by atoms with van der Waals surface area (Å²) in [5.74, 6) is 4.04. The highest BCUT2D eigenvalue weighted by molar-refractivity contribution is 6.06. The summed E-state index contributed by atoms with van der Waals surface area (Å²) in [5.41, 5.74) is 5.06. The van der Waals surface area contributed by atoms with Crippen LogP contribution in [0.2, 0.25) is 0 Å². The molecule has 0 saturated heterocycles. The Bertz CT molecular complexity index is 579. The van der Waals surface area contributed by atoms with E-state index in [-0.39, 0.29) is 0 Å². The summed E-state index contributed by atoms with van der Waals surface area (Å²) < 4.78 is 0. The number of hydrogen-bond acceptors (Lipinski definition) is 2. The Hall–Kier alpha value is -0.790. The first-order valence-corrected chi connectivity index (χ1v) is 9.16. The lowest BCUT2D eigenvalue weighted by atomic mass is 9.62. The molecule has 4 saturated carbocycles. The van der Waals surface area contributed by atoms with E-state index in [2.05, 4.69) is 46.7 Å². The van der Waals surface area contributed by atoms with E-state index in [9.17, 15) is 5.21 Å². The lowest BCUT2D eigenvalue weighted by Gasteiger charge is -2.42. The summed E-state index contributed by atoms with van der Waals surface area (Å²) in [6, 6.07) is 0. The van der Waals surface area contributed by atoms with Crippen LogP contribution in [0.25, 0.3) is 0 Å². The number of fused-ring (bicyclic) bond motifs is 4. The molecule has 4 fully saturated rings. The molecule has 2 nitrogen and oxygen atoms in total. The van der Waals surface area contributed by atoms with E-state index in [0.29, 0.717) is 28.6 Å². The summed E-state index contributed by atoms with van der Waals surface area (Å²) in [6.07, 6.45) is 3.82. The molecule has 0 radical (unpaired) electrons. The first-order valence-electron chi connectivity index (χ1n) is 9.16. The molecule has 6 atom stereocenters. The van der Waals surface area contributed by atoms with Gasteiger partial charge in [0.15, 0.2) is 0 Å². The maximum atomic E-state index is 9.70. The zero-order valence-corrected chi connectivity index (χ0v) is 15.0. The fourth-order valence-corrected chi connectivity index (χ4v) is 6.55. The summed E-state index contributed by atoms with van der Waals surface area (Å²) in [6.45, 7) is 14.6. The summed E-state index contributed by atoms with van der Waals surface area (Å²) in [4.78, 5) is 0. The molecule has 0 aromatic rings. The van der Waals surface area contributed by atoms with Crippen LogP contribution in [0.1, 0.15) is 60.8 Å². The third-order valence-corrected chi connectivity index (χ3v) is 8.88. The minimum atomic E-state index is 0.349. The summed E-state index contributed by atoms with van der Waals surface area (Å²) >= 11 is 0. The van der Waals surface area contributed by atoms with Gasteiger partial charge in [0.25, 0.3) is 0 Å². The smallest absolute Gasteiger partial charge is 0.0864 e. The van der Waals surface area contributed by atoms with Crippen LogP contribution in [0.15, 0.2) is 16.3 Å². The van der Waals surface area contributed by atoms with Crippen LogP contribution in [-0.4, -0.2) is 10.9 Å². The quantitative estimate of drug-likeness (QED) is 0.488. The van der Waals surface area contributed by atoms with Gasteiger partial charge in [0.05, 0.1) is 5.71 Å². The predicted octanol–water partition coefficient (Wildman–Crippen LogP) is 5.13. The molecular weight excluding hydrogens is 270 g/mol. The van der Waals surface area contributed by atoms with Crippen LogP contribution in [0.4, 0.5) is 0 Å². The van der Waals surface area contributed by atoms with Gasteiger partial charge in [-0.3, -0.25) is 0 Å². The summed E-state index contributed by atoms with van der Waals surface area (Å²) in [5, 5.41) is 13.5. The predicted molar refractivity (Wildman–Crippen MR) is 89.9 cm³/mol. The van der Waals surface area contributed by atoms with Gasteiger partial charge in [-0.2, -0.15) is 0 Å². The van der Waals surface area contributed by atoms with Crippen molar-refractivity contribution in [2.75, 3.05) is 0 Å². The number of allylic oxidation sites excluding steroid dienone is 2. The molecule has 0 aromatic carbocycles. The van der Waals surface area contributed by atoms with E-state index < -0.39 is 0 Å². The molecule has 4 aliphatic rings. The Kier molecular flexibility index (Phi) is 2.81. The molecule has 1 N–H and O–H groups in total. The highest BCUT2D eigenvalue weighted by Gasteiger charge is 2.60. The van der Waals surface area contributed by atoms with E-state index in [1.165, 1.54) is 24.8 Å². The van der Waals surface area contributed by atoms with E-state index in [4.69, 9.17) is 0 Å². The Balaban J connectivity index is 1.81. The first kappa shape index (κ1) is 14.8. The molecule has 0 spiro atoms. The van der Waals surface area contributed by atoms with Crippen LogP contribution in [0.5, 0.6) is 0 Å². The second-order valence-electron chi connectivity index (χ2n) is 9.78. The van der Waals surface area contributed by atoms with Gasteiger partial charge in [-0.25, -0.2) is 0 Å². The van der Waals surface area contributed by atoms with E-state index in [0.717, 1.165) is 23.5 Å². The van der Waals surface area contributed by atoms with Gasteiger partial charge < -0.3 is 5.21 Å². The maximum absolute atomic E-state index is 9.70. The van der Waals surface area contributed by atoms with Gasteiger partial charge in [-0.1, -0.05) is 52.3 Å². The second kappa shape index (κ2) is 4.19. The Morgan fingerprint density at radius 3 is 2.14 bits per heavy atom. The van der Waals surface area contributed by atoms with Crippen molar-refractivity contribution in [3.05, 3.63) is 11.1 Å². The van der Waals surface area contributed by atoms with Crippen LogP contribution in [-0.2, 0) is 0 Å². The van der Waals surface area contributed by atoms with E-state index in [1.54, 1.807) is 5.57 Å². The Morgan fingerprint density at radius 2 is 1.59 bits per heavy atom. The zero-order valence-electron chi connectivity index (χ0n) is 15.0. The molecule has 0 amide bonds. The van der Waals surface area contributed by atoms with Gasteiger partial charge in [0.2, 0.25) is 0 Å². The molecule has 122 valence electrons. The van der Waals surface area contributed by atoms with Crippen molar-refractivity contribution in [1.29, 1.82) is 0 Å². The molecular formula is C20H31NO. The third kappa shape index (κ3) is 1.50. The van der Waals surface area contributed by atoms with Gasteiger partial charge in [-0.15, -0.1) is 0 Å². The highest BCUT2D eigenvalue weighted by atomic mass is 16.4. The second-order valence-corrected chi connectivity index (χ2v) is 9.78. The van der Waals surface area contributed by atoms with Crippen LogP contribution < -0.4 is 0 Å². The minimum absolute atomic E-state index is 0.349. The fraction of sp³-hybridized carbons (Fsp3) is 0.850. The number of oxime groups is 1. The van der Waals surface area contributed by atoms with E-state index >= 15 is 0 Å². The average molecular weight is 301 g/mol. The van der Waals surface area contributed by atoms with Crippen molar-refractivity contribution < 1.29 is 5.21 Å². The lowest BCUT2D eigenvalue weighted by Crippen LogP contribution is -2.37. The van der Waals surface area contributed by atoms with Gasteiger partial charge >= 0.3 is 0 Å². The molecule has 0 unspecified atom stereocenters. The van der Waals surface area contributed by atoms with E-state index in [1.807, 2.05) is 0 Å². The molecule has 0 aromatic heterocycles. The largest absolute Gasteiger partial charge is 0.411 e.